The molecule has 0 bridgehead atoms. The molecule has 1 saturated heterocycles. The molecule has 1 aliphatic carbocycles. The van der Waals surface area contributed by atoms with E-state index in [-0.39, 0.29) is 11.8 Å². The first-order valence-electron chi connectivity index (χ1n) is 4.82. The number of piperidine rings is 1. The summed E-state index contributed by atoms with van der Waals surface area (Å²) in [5.41, 5.74) is 5.34. The first-order valence-corrected chi connectivity index (χ1v) is 4.82. The fraction of sp³-hybridized carbons (Fsp3) is 0.889. The standard InChI is InChI=1S/C9H16N2O/c10-9(12)7-2-1-5-11-8(7)6-3-4-6/h6-8,11H,1-5H2,(H2,10,12). The van der Waals surface area contributed by atoms with Gasteiger partial charge in [0.25, 0.3) is 0 Å². The Morgan fingerprint density at radius 3 is 2.67 bits per heavy atom. The molecule has 3 heteroatoms. The summed E-state index contributed by atoms with van der Waals surface area (Å²) in [5.74, 6) is 0.730. The van der Waals surface area contributed by atoms with Crippen molar-refractivity contribution in [1.29, 1.82) is 0 Å². The lowest BCUT2D eigenvalue weighted by atomic mass is 9.87. The quantitative estimate of drug-likeness (QED) is 0.621. The van der Waals surface area contributed by atoms with Crippen LogP contribution in [-0.4, -0.2) is 18.5 Å². The minimum absolute atomic E-state index is 0.103. The number of hydrogen-bond donors (Lipinski definition) is 2. The molecule has 2 atom stereocenters. The highest BCUT2D eigenvalue weighted by molar-refractivity contribution is 5.77. The van der Waals surface area contributed by atoms with Gasteiger partial charge < -0.3 is 11.1 Å². The van der Waals surface area contributed by atoms with E-state index in [1.807, 2.05) is 0 Å². The number of nitrogens with one attached hydrogen (secondary N) is 1. The van der Waals surface area contributed by atoms with Gasteiger partial charge in [0.1, 0.15) is 0 Å². The fourth-order valence-corrected chi connectivity index (χ4v) is 2.18. The molecule has 1 heterocycles. The first kappa shape index (κ1) is 8.05. The summed E-state index contributed by atoms with van der Waals surface area (Å²) < 4.78 is 0. The predicted molar refractivity (Wildman–Crippen MR) is 46.4 cm³/mol. The average molecular weight is 168 g/mol. The topological polar surface area (TPSA) is 55.1 Å². The second kappa shape index (κ2) is 3.05. The second-order valence-corrected chi connectivity index (χ2v) is 3.97. The third kappa shape index (κ3) is 1.46. The molecule has 2 aliphatic rings. The van der Waals surface area contributed by atoms with E-state index in [4.69, 9.17) is 5.73 Å². The summed E-state index contributed by atoms with van der Waals surface area (Å²) in [7, 11) is 0. The predicted octanol–water partition coefficient (Wildman–Crippen LogP) is 0.250. The molecule has 2 fully saturated rings. The van der Waals surface area contributed by atoms with Gasteiger partial charge >= 0.3 is 0 Å². The molecule has 1 amide bonds. The van der Waals surface area contributed by atoms with Gasteiger partial charge in [-0.2, -0.15) is 0 Å². The van der Waals surface area contributed by atoms with Crippen LogP contribution in [0.25, 0.3) is 0 Å². The highest BCUT2D eigenvalue weighted by Gasteiger charge is 2.39. The Balaban J connectivity index is 2.00. The van der Waals surface area contributed by atoms with Gasteiger partial charge in [-0.25, -0.2) is 0 Å². The van der Waals surface area contributed by atoms with E-state index in [0.717, 1.165) is 25.3 Å². The zero-order valence-corrected chi connectivity index (χ0v) is 7.25. The Labute approximate surface area is 72.7 Å². The molecule has 3 N–H and O–H groups in total. The van der Waals surface area contributed by atoms with Gasteiger partial charge in [-0.3, -0.25) is 4.79 Å². The Kier molecular flexibility index (Phi) is 2.05. The minimum atomic E-state index is -0.112. The van der Waals surface area contributed by atoms with Gasteiger partial charge in [0.2, 0.25) is 5.91 Å². The number of carbonyl (C=O) groups is 1. The largest absolute Gasteiger partial charge is 0.369 e. The van der Waals surface area contributed by atoms with Crippen LogP contribution in [0.5, 0.6) is 0 Å². The molecule has 0 aromatic carbocycles. The van der Waals surface area contributed by atoms with Crippen LogP contribution in [0.2, 0.25) is 0 Å². The molecule has 0 aromatic heterocycles. The van der Waals surface area contributed by atoms with Crippen LogP contribution in [0.4, 0.5) is 0 Å². The molecular formula is C9H16N2O. The molecule has 1 saturated carbocycles. The van der Waals surface area contributed by atoms with Crippen molar-refractivity contribution in [2.24, 2.45) is 17.6 Å². The summed E-state index contributed by atoms with van der Waals surface area (Å²) in [5, 5.41) is 3.41. The van der Waals surface area contributed by atoms with Gasteiger partial charge in [-0.15, -0.1) is 0 Å². The van der Waals surface area contributed by atoms with Gasteiger partial charge in [0.05, 0.1) is 5.92 Å². The van der Waals surface area contributed by atoms with Crippen LogP contribution in [-0.2, 0) is 4.79 Å². The molecule has 3 nitrogen and oxygen atoms in total. The van der Waals surface area contributed by atoms with Crippen molar-refractivity contribution in [2.75, 3.05) is 6.54 Å². The highest BCUT2D eigenvalue weighted by Crippen LogP contribution is 2.38. The smallest absolute Gasteiger partial charge is 0.222 e. The van der Waals surface area contributed by atoms with E-state index in [0.29, 0.717) is 6.04 Å². The molecule has 0 aromatic rings. The van der Waals surface area contributed by atoms with Crippen molar-refractivity contribution >= 4 is 5.91 Å². The molecular weight excluding hydrogens is 152 g/mol. The number of primary amides is 1. The van der Waals surface area contributed by atoms with Crippen LogP contribution in [0, 0.1) is 11.8 Å². The van der Waals surface area contributed by atoms with E-state index in [2.05, 4.69) is 5.32 Å². The Morgan fingerprint density at radius 2 is 2.08 bits per heavy atom. The van der Waals surface area contributed by atoms with E-state index >= 15 is 0 Å². The third-order valence-electron chi connectivity index (χ3n) is 3.00. The molecule has 2 unspecified atom stereocenters. The van der Waals surface area contributed by atoms with Crippen molar-refractivity contribution in [3.05, 3.63) is 0 Å². The van der Waals surface area contributed by atoms with Crippen LogP contribution < -0.4 is 11.1 Å². The Morgan fingerprint density at radius 1 is 1.33 bits per heavy atom. The molecule has 1 aliphatic heterocycles. The maximum Gasteiger partial charge on any atom is 0.222 e. The van der Waals surface area contributed by atoms with E-state index < -0.39 is 0 Å². The summed E-state index contributed by atoms with van der Waals surface area (Å²) in [6.07, 6.45) is 4.64. The molecule has 12 heavy (non-hydrogen) atoms. The van der Waals surface area contributed by atoms with Crippen LogP contribution >= 0.6 is 0 Å². The lowest BCUT2D eigenvalue weighted by Gasteiger charge is -2.30. The summed E-state index contributed by atoms with van der Waals surface area (Å²) in [6.45, 7) is 1.06. The summed E-state index contributed by atoms with van der Waals surface area (Å²) >= 11 is 0. The summed E-state index contributed by atoms with van der Waals surface area (Å²) in [6, 6.07) is 0.399. The van der Waals surface area contributed by atoms with E-state index in [1.54, 1.807) is 0 Å². The van der Waals surface area contributed by atoms with Crippen LogP contribution in [0.3, 0.4) is 0 Å². The van der Waals surface area contributed by atoms with Crippen molar-refractivity contribution in [3.8, 4) is 0 Å². The zero-order valence-electron chi connectivity index (χ0n) is 7.25. The lowest BCUT2D eigenvalue weighted by Crippen LogP contribution is -2.48. The number of rotatable bonds is 2. The van der Waals surface area contributed by atoms with Crippen molar-refractivity contribution < 1.29 is 4.79 Å². The fourth-order valence-electron chi connectivity index (χ4n) is 2.18. The van der Waals surface area contributed by atoms with Gasteiger partial charge in [0, 0.05) is 6.04 Å². The number of nitrogens with two attached hydrogens (primary N) is 1. The lowest BCUT2D eigenvalue weighted by molar-refractivity contribution is -0.123. The van der Waals surface area contributed by atoms with E-state index in [9.17, 15) is 4.79 Å². The van der Waals surface area contributed by atoms with Gasteiger partial charge in [0.15, 0.2) is 0 Å². The number of amides is 1. The Bertz CT molecular complexity index is 189. The Hall–Kier alpha value is -0.570. The van der Waals surface area contributed by atoms with Crippen molar-refractivity contribution in [2.45, 2.75) is 31.7 Å². The van der Waals surface area contributed by atoms with Crippen LogP contribution in [0.15, 0.2) is 0 Å². The number of hydrogen-bond acceptors (Lipinski definition) is 2. The SMILES string of the molecule is NC(=O)C1CCCNC1C1CC1. The van der Waals surface area contributed by atoms with Crippen molar-refractivity contribution in [3.63, 3.8) is 0 Å². The average Bonchev–Trinajstić information content (AvgIpc) is 2.87. The monoisotopic (exact) mass is 168 g/mol. The zero-order chi connectivity index (χ0) is 8.55. The third-order valence-corrected chi connectivity index (χ3v) is 3.00. The highest BCUT2D eigenvalue weighted by atomic mass is 16.1. The van der Waals surface area contributed by atoms with Gasteiger partial charge in [-0.1, -0.05) is 0 Å². The van der Waals surface area contributed by atoms with Crippen molar-refractivity contribution in [1.82, 2.24) is 5.32 Å². The van der Waals surface area contributed by atoms with Crippen LogP contribution in [0.1, 0.15) is 25.7 Å². The molecule has 0 radical (unpaired) electrons. The normalized spacial score (nSPS) is 36.3. The summed E-state index contributed by atoms with van der Waals surface area (Å²) in [4.78, 5) is 11.1. The second-order valence-electron chi connectivity index (χ2n) is 3.97. The maximum atomic E-state index is 11.1. The maximum absolute atomic E-state index is 11.1. The molecule has 68 valence electrons. The first-order chi connectivity index (χ1) is 5.79. The van der Waals surface area contributed by atoms with E-state index in [1.165, 1.54) is 12.8 Å². The molecule has 0 spiro atoms. The number of carbonyl (C=O) groups excluding carboxylic acids is 1. The minimum Gasteiger partial charge on any atom is -0.369 e. The molecule has 2 rings (SSSR count). The van der Waals surface area contributed by atoms with Gasteiger partial charge in [-0.05, 0) is 38.1 Å².